The van der Waals surface area contributed by atoms with E-state index in [1.165, 1.54) is 0 Å². The molecule has 0 radical (unpaired) electrons. The number of carbonyl (C=O) groups is 1. The molecule has 0 aliphatic carbocycles. The molecule has 0 unspecified atom stereocenters. The summed E-state index contributed by atoms with van der Waals surface area (Å²) in [6, 6.07) is 3.91. The lowest BCUT2D eigenvalue weighted by Gasteiger charge is -2.04. The molecule has 1 heterocycles. The van der Waals surface area contributed by atoms with Crippen LogP contribution in [0.1, 0.15) is 4.88 Å². The molecule has 2 nitrogen and oxygen atoms in total. The zero-order chi connectivity index (χ0) is 9.68. The highest BCUT2D eigenvalue weighted by molar-refractivity contribution is 7.11. The molecule has 0 N–H and O–H groups in total. The highest BCUT2D eigenvalue weighted by Gasteiger charge is 1.99. The molecule has 0 saturated heterocycles. The average Bonchev–Trinajstić information content (AvgIpc) is 2.58. The lowest BCUT2D eigenvalue weighted by atomic mass is 10.2. The van der Waals surface area contributed by atoms with Gasteiger partial charge in [-0.2, -0.15) is 0 Å². The van der Waals surface area contributed by atoms with Crippen LogP contribution in [0, 0.1) is 0 Å². The van der Waals surface area contributed by atoms with Crippen LogP contribution in [0.5, 0.6) is 0 Å². The molecular weight excluding hydrogens is 182 g/mol. The smallest absolute Gasteiger partial charge is 0.151 e. The second-order valence-corrected chi connectivity index (χ2v) is 3.96. The first-order chi connectivity index (χ1) is 6.24. The Morgan fingerprint density at radius 1 is 1.62 bits per heavy atom. The van der Waals surface area contributed by atoms with E-state index in [-0.39, 0.29) is 0 Å². The van der Waals surface area contributed by atoms with Crippen molar-refractivity contribution in [2.24, 2.45) is 0 Å². The topological polar surface area (TPSA) is 20.3 Å². The quantitative estimate of drug-likeness (QED) is 0.540. The number of allylic oxidation sites excluding steroid dienone is 1. The summed E-state index contributed by atoms with van der Waals surface area (Å²) in [5.41, 5.74) is 0.781. The van der Waals surface area contributed by atoms with E-state index in [0.717, 1.165) is 23.3 Å². The number of nitrogens with zero attached hydrogens (tertiary/aromatic N) is 1. The van der Waals surface area contributed by atoms with Crippen LogP contribution in [0.4, 0.5) is 0 Å². The van der Waals surface area contributed by atoms with E-state index in [1.807, 2.05) is 42.6 Å². The fraction of sp³-hybridized carbons (Fsp3) is 0.300. The van der Waals surface area contributed by atoms with Gasteiger partial charge < -0.3 is 4.90 Å². The van der Waals surface area contributed by atoms with Crippen molar-refractivity contribution < 1.29 is 4.79 Å². The van der Waals surface area contributed by atoms with Crippen molar-refractivity contribution in [3.05, 3.63) is 28.5 Å². The lowest BCUT2D eigenvalue weighted by molar-refractivity contribution is -0.103. The molecule has 0 fully saturated rings. The second-order valence-electron chi connectivity index (χ2n) is 3.02. The van der Waals surface area contributed by atoms with Gasteiger partial charge in [-0.15, -0.1) is 11.3 Å². The molecule has 0 bridgehead atoms. The van der Waals surface area contributed by atoms with Crippen LogP contribution in [0.25, 0.3) is 5.57 Å². The SMILES string of the molecule is CN(C)CC=C(C=O)c1cccs1. The van der Waals surface area contributed by atoms with Crippen LogP contribution in [0.2, 0.25) is 0 Å². The molecule has 0 spiro atoms. The van der Waals surface area contributed by atoms with Gasteiger partial charge >= 0.3 is 0 Å². The van der Waals surface area contributed by atoms with Crippen LogP contribution in [-0.4, -0.2) is 31.8 Å². The van der Waals surface area contributed by atoms with Crippen LogP contribution in [0.15, 0.2) is 23.6 Å². The summed E-state index contributed by atoms with van der Waals surface area (Å²) >= 11 is 1.59. The molecule has 0 amide bonds. The summed E-state index contributed by atoms with van der Waals surface area (Å²) in [7, 11) is 3.96. The van der Waals surface area contributed by atoms with Gasteiger partial charge in [-0.05, 0) is 25.5 Å². The summed E-state index contributed by atoms with van der Waals surface area (Å²) in [5.74, 6) is 0. The molecule has 0 saturated carbocycles. The number of hydrogen-bond donors (Lipinski definition) is 0. The Labute approximate surface area is 82.5 Å². The standard InChI is InChI=1S/C10H13NOS/c1-11(2)6-5-9(8-12)10-4-3-7-13-10/h3-5,7-8H,6H2,1-2H3. The van der Waals surface area contributed by atoms with Crippen molar-refractivity contribution in [2.45, 2.75) is 0 Å². The maximum absolute atomic E-state index is 10.7. The molecule has 13 heavy (non-hydrogen) atoms. The fourth-order valence-corrected chi connectivity index (χ4v) is 1.66. The molecule has 0 aromatic carbocycles. The molecule has 0 atom stereocenters. The number of rotatable bonds is 4. The van der Waals surface area contributed by atoms with Gasteiger partial charge in [0.15, 0.2) is 6.29 Å². The van der Waals surface area contributed by atoms with Crippen LogP contribution < -0.4 is 0 Å². The van der Waals surface area contributed by atoms with Gasteiger partial charge in [0.25, 0.3) is 0 Å². The van der Waals surface area contributed by atoms with E-state index in [0.29, 0.717) is 0 Å². The molecule has 3 heteroatoms. The summed E-state index contributed by atoms with van der Waals surface area (Å²) in [4.78, 5) is 13.8. The third-order valence-electron chi connectivity index (χ3n) is 1.61. The van der Waals surface area contributed by atoms with Gasteiger partial charge in [-0.3, -0.25) is 4.79 Å². The Morgan fingerprint density at radius 3 is 2.85 bits per heavy atom. The van der Waals surface area contributed by atoms with Gasteiger partial charge in [0.05, 0.1) is 0 Å². The maximum atomic E-state index is 10.7. The third-order valence-corrected chi connectivity index (χ3v) is 2.53. The normalized spacial score (nSPS) is 12.1. The Kier molecular flexibility index (Phi) is 3.86. The fourth-order valence-electron chi connectivity index (χ4n) is 0.931. The molecule has 0 aliphatic rings. The number of aldehydes is 1. The predicted octanol–water partition coefficient (Wildman–Crippen LogP) is 1.89. The van der Waals surface area contributed by atoms with E-state index in [2.05, 4.69) is 0 Å². The highest BCUT2D eigenvalue weighted by atomic mass is 32.1. The van der Waals surface area contributed by atoms with Crippen molar-refractivity contribution in [3.63, 3.8) is 0 Å². The van der Waals surface area contributed by atoms with E-state index in [9.17, 15) is 4.79 Å². The largest absolute Gasteiger partial charge is 0.306 e. The number of carbonyl (C=O) groups excluding carboxylic acids is 1. The Balaban J connectivity index is 2.74. The Bertz CT molecular complexity index is 288. The van der Waals surface area contributed by atoms with Crippen molar-refractivity contribution in [1.82, 2.24) is 4.90 Å². The monoisotopic (exact) mass is 195 g/mol. The van der Waals surface area contributed by atoms with Crippen molar-refractivity contribution in [3.8, 4) is 0 Å². The molecular formula is C10H13NOS. The predicted molar refractivity (Wildman–Crippen MR) is 56.9 cm³/mol. The first-order valence-electron chi connectivity index (χ1n) is 4.08. The molecule has 1 rings (SSSR count). The summed E-state index contributed by atoms with van der Waals surface area (Å²) < 4.78 is 0. The van der Waals surface area contributed by atoms with Gasteiger partial charge in [0.1, 0.15) is 0 Å². The van der Waals surface area contributed by atoms with Gasteiger partial charge in [0.2, 0.25) is 0 Å². The van der Waals surface area contributed by atoms with Gasteiger partial charge in [-0.25, -0.2) is 0 Å². The summed E-state index contributed by atoms with van der Waals surface area (Å²) in [6.45, 7) is 0.798. The van der Waals surface area contributed by atoms with Crippen molar-refractivity contribution in [1.29, 1.82) is 0 Å². The zero-order valence-corrected chi connectivity index (χ0v) is 8.67. The first kappa shape index (κ1) is 10.2. The van der Waals surface area contributed by atoms with E-state index < -0.39 is 0 Å². The van der Waals surface area contributed by atoms with Crippen LogP contribution >= 0.6 is 11.3 Å². The minimum absolute atomic E-state index is 0.781. The minimum atomic E-state index is 0.781. The summed E-state index contributed by atoms with van der Waals surface area (Å²) in [6.07, 6.45) is 2.86. The maximum Gasteiger partial charge on any atom is 0.151 e. The molecule has 1 aromatic heterocycles. The minimum Gasteiger partial charge on any atom is -0.306 e. The van der Waals surface area contributed by atoms with E-state index in [4.69, 9.17) is 0 Å². The first-order valence-corrected chi connectivity index (χ1v) is 4.96. The van der Waals surface area contributed by atoms with E-state index in [1.54, 1.807) is 11.3 Å². The zero-order valence-electron chi connectivity index (χ0n) is 7.86. The number of hydrogen-bond acceptors (Lipinski definition) is 3. The third kappa shape index (κ3) is 3.13. The second kappa shape index (κ2) is 4.94. The number of thiophene rings is 1. The van der Waals surface area contributed by atoms with Crippen molar-refractivity contribution >= 4 is 23.2 Å². The molecule has 70 valence electrons. The van der Waals surface area contributed by atoms with E-state index >= 15 is 0 Å². The Morgan fingerprint density at radius 2 is 2.38 bits per heavy atom. The van der Waals surface area contributed by atoms with Crippen LogP contribution in [0.3, 0.4) is 0 Å². The van der Waals surface area contributed by atoms with Crippen molar-refractivity contribution in [2.75, 3.05) is 20.6 Å². The Hall–Kier alpha value is -0.930. The lowest BCUT2D eigenvalue weighted by Crippen LogP contribution is -2.11. The average molecular weight is 195 g/mol. The summed E-state index contributed by atoms with van der Waals surface area (Å²) in [5, 5.41) is 1.97. The van der Waals surface area contributed by atoms with Crippen LogP contribution in [-0.2, 0) is 4.79 Å². The van der Waals surface area contributed by atoms with Gasteiger partial charge in [0, 0.05) is 17.0 Å². The molecule has 0 aliphatic heterocycles. The van der Waals surface area contributed by atoms with Gasteiger partial charge in [-0.1, -0.05) is 12.1 Å². The highest BCUT2D eigenvalue weighted by Crippen LogP contribution is 2.17. The number of likely N-dealkylation sites (N-methyl/N-ethyl adjacent to an activating group) is 1. The molecule has 1 aromatic rings.